The van der Waals surface area contributed by atoms with Crippen LogP contribution in [0.25, 0.3) is 0 Å². The molecule has 1 aliphatic rings. The first kappa shape index (κ1) is 20.1. The highest BCUT2D eigenvalue weighted by Crippen LogP contribution is 2.41. The van der Waals surface area contributed by atoms with Gasteiger partial charge in [0.1, 0.15) is 0 Å². The van der Waals surface area contributed by atoms with Crippen molar-refractivity contribution in [2.75, 3.05) is 6.54 Å². The Morgan fingerprint density at radius 1 is 0.964 bits per heavy atom. The molecule has 1 saturated carbocycles. The van der Waals surface area contributed by atoms with E-state index in [2.05, 4.69) is 43.5 Å². The Bertz CT molecular complexity index is 816. The molecule has 0 aromatic heterocycles. The third kappa shape index (κ3) is 4.61. The van der Waals surface area contributed by atoms with E-state index in [1.807, 2.05) is 42.5 Å². The predicted molar refractivity (Wildman–Crippen MR) is 112 cm³/mol. The zero-order valence-electron chi connectivity index (χ0n) is 17.0. The Labute approximate surface area is 167 Å². The summed E-state index contributed by atoms with van der Waals surface area (Å²) in [6.07, 6.45) is 3.33. The van der Waals surface area contributed by atoms with Gasteiger partial charge in [0.15, 0.2) is 0 Å². The van der Waals surface area contributed by atoms with Gasteiger partial charge in [-0.15, -0.1) is 0 Å². The average molecular weight is 379 g/mol. The van der Waals surface area contributed by atoms with E-state index in [-0.39, 0.29) is 29.2 Å². The molecular formula is C24H30N2O2. The van der Waals surface area contributed by atoms with Gasteiger partial charge in [0.05, 0.1) is 5.54 Å². The highest BCUT2D eigenvalue weighted by Gasteiger charge is 2.39. The van der Waals surface area contributed by atoms with Gasteiger partial charge in [-0.2, -0.15) is 0 Å². The standard InChI is InChI=1S/C24H30N2O2/c1-23(2,3)19-12-10-18(11-13-19)22(28)25-17-14-21(27)26-24(15-7-16-24)20-8-5-4-6-9-20/h4-6,8-13H,7,14-17H2,1-3H3,(H,25,28)(H,26,27). The van der Waals surface area contributed by atoms with Gasteiger partial charge >= 0.3 is 0 Å². The smallest absolute Gasteiger partial charge is 0.251 e. The maximum absolute atomic E-state index is 12.4. The molecule has 0 heterocycles. The van der Waals surface area contributed by atoms with Crippen LogP contribution in [0.2, 0.25) is 0 Å². The molecule has 2 N–H and O–H groups in total. The van der Waals surface area contributed by atoms with Gasteiger partial charge in [-0.3, -0.25) is 9.59 Å². The fraction of sp³-hybridized carbons (Fsp3) is 0.417. The second kappa shape index (κ2) is 8.17. The normalized spacial score (nSPS) is 15.4. The van der Waals surface area contributed by atoms with Crippen molar-refractivity contribution in [3.8, 4) is 0 Å². The van der Waals surface area contributed by atoms with Crippen molar-refractivity contribution in [2.24, 2.45) is 0 Å². The Morgan fingerprint density at radius 3 is 2.14 bits per heavy atom. The fourth-order valence-corrected chi connectivity index (χ4v) is 3.62. The molecule has 2 aromatic rings. The molecule has 148 valence electrons. The first-order chi connectivity index (χ1) is 13.3. The largest absolute Gasteiger partial charge is 0.352 e. The molecule has 4 heteroatoms. The lowest BCUT2D eigenvalue weighted by molar-refractivity contribution is -0.124. The van der Waals surface area contributed by atoms with Crippen LogP contribution in [0.4, 0.5) is 0 Å². The van der Waals surface area contributed by atoms with Crippen LogP contribution in [0.3, 0.4) is 0 Å². The summed E-state index contributed by atoms with van der Waals surface area (Å²) in [6, 6.07) is 17.8. The third-order valence-corrected chi connectivity index (χ3v) is 5.56. The van der Waals surface area contributed by atoms with Gasteiger partial charge in [-0.05, 0) is 47.9 Å². The highest BCUT2D eigenvalue weighted by atomic mass is 16.2. The third-order valence-electron chi connectivity index (χ3n) is 5.56. The molecule has 1 fully saturated rings. The Balaban J connectivity index is 1.49. The molecule has 0 unspecified atom stereocenters. The van der Waals surface area contributed by atoms with Crippen LogP contribution >= 0.6 is 0 Å². The van der Waals surface area contributed by atoms with E-state index in [4.69, 9.17) is 0 Å². The van der Waals surface area contributed by atoms with Crippen molar-refractivity contribution < 1.29 is 9.59 Å². The van der Waals surface area contributed by atoms with Crippen LogP contribution < -0.4 is 10.6 Å². The van der Waals surface area contributed by atoms with Gasteiger partial charge in [-0.1, -0.05) is 63.2 Å². The zero-order valence-corrected chi connectivity index (χ0v) is 17.0. The number of rotatable bonds is 6. The van der Waals surface area contributed by atoms with Crippen molar-refractivity contribution in [3.05, 3.63) is 71.3 Å². The van der Waals surface area contributed by atoms with Gasteiger partial charge in [-0.25, -0.2) is 0 Å². The molecule has 4 nitrogen and oxygen atoms in total. The molecule has 2 amide bonds. The second-order valence-electron chi connectivity index (χ2n) is 8.68. The van der Waals surface area contributed by atoms with Gasteiger partial charge in [0.25, 0.3) is 5.91 Å². The molecule has 0 bridgehead atoms. The molecule has 0 spiro atoms. The quantitative estimate of drug-likeness (QED) is 0.787. The van der Waals surface area contributed by atoms with Gasteiger partial charge in [0.2, 0.25) is 5.91 Å². The van der Waals surface area contributed by atoms with Gasteiger partial charge in [0, 0.05) is 18.5 Å². The molecule has 1 aliphatic carbocycles. The van der Waals surface area contributed by atoms with E-state index in [0.717, 1.165) is 24.8 Å². The zero-order chi connectivity index (χ0) is 20.2. The number of hydrogen-bond acceptors (Lipinski definition) is 2. The van der Waals surface area contributed by atoms with Crippen molar-refractivity contribution in [3.63, 3.8) is 0 Å². The van der Waals surface area contributed by atoms with E-state index >= 15 is 0 Å². The summed E-state index contributed by atoms with van der Waals surface area (Å²) < 4.78 is 0. The summed E-state index contributed by atoms with van der Waals surface area (Å²) >= 11 is 0. The van der Waals surface area contributed by atoms with Crippen LogP contribution in [0.1, 0.15) is 67.9 Å². The van der Waals surface area contributed by atoms with Crippen molar-refractivity contribution in [1.29, 1.82) is 0 Å². The van der Waals surface area contributed by atoms with Crippen molar-refractivity contribution in [2.45, 2.75) is 57.4 Å². The number of carbonyl (C=O) groups is 2. The van der Waals surface area contributed by atoms with Crippen LogP contribution in [0.5, 0.6) is 0 Å². The summed E-state index contributed by atoms with van der Waals surface area (Å²) in [5.74, 6) is -0.165. The van der Waals surface area contributed by atoms with E-state index in [1.165, 1.54) is 5.56 Å². The summed E-state index contributed by atoms with van der Waals surface area (Å²) in [5, 5.41) is 6.04. The molecule has 0 atom stereocenters. The molecule has 0 saturated heterocycles. The Hall–Kier alpha value is -2.62. The minimum Gasteiger partial charge on any atom is -0.352 e. The van der Waals surface area contributed by atoms with Crippen molar-refractivity contribution >= 4 is 11.8 Å². The van der Waals surface area contributed by atoms with Gasteiger partial charge < -0.3 is 10.6 Å². The van der Waals surface area contributed by atoms with Crippen LogP contribution in [-0.2, 0) is 15.7 Å². The Kier molecular flexibility index (Phi) is 5.87. The first-order valence-electron chi connectivity index (χ1n) is 10.1. The fourth-order valence-electron chi connectivity index (χ4n) is 3.62. The molecular weight excluding hydrogens is 348 g/mol. The van der Waals surface area contributed by atoms with E-state index in [0.29, 0.717) is 12.1 Å². The predicted octanol–water partition coefficient (Wildman–Crippen LogP) is 4.30. The lowest BCUT2D eigenvalue weighted by atomic mass is 9.71. The molecule has 28 heavy (non-hydrogen) atoms. The van der Waals surface area contributed by atoms with E-state index in [1.54, 1.807) is 0 Å². The highest BCUT2D eigenvalue weighted by molar-refractivity contribution is 5.94. The van der Waals surface area contributed by atoms with Crippen molar-refractivity contribution in [1.82, 2.24) is 10.6 Å². The van der Waals surface area contributed by atoms with E-state index in [9.17, 15) is 9.59 Å². The summed E-state index contributed by atoms with van der Waals surface area (Å²) in [5.41, 5.74) is 2.80. The summed E-state index contributed by atoms with van der Waals surface area (Å²) in [7, 11) is 0. The average Bonchev–Trinajstić information content (AvgIpc) is 2.65. The second-order valence-corrected chi connectivity index (χ2v) is 8.68. The number of benzene rings is 2. The number of carbonyl (C=O) groups excluding carboxylic acids is 2. The van der Waals surface area contributed by atoms with Crippen LogP contribution in [0, 0.1) is 0 Å². The SMILES string of the molecule is CC(C)(C)c1ccc(C(=O)NCCC(=O)NC2(c3ccccc3)CCC2)cc1. The number of amides is 2. The van der Waals surface area contributed by atoms with E-state index < -0.39 is 0 Å². The first-order valence-corrected chi connectivity index (χ1v) is 10.1. The Morgan fingerprint density at radius 2 is 1.61 bits per heavy atom. The van der Waals surface area contributed by atoms with Crippen LogP contribution in [-0.4, -0.2) is 18.4 Å². The summed E-state index contributed by atoms with van der Waals surface area (Å²) in [4.78, 5) is 24.8. The summed E-state index contributed by atoms with van der Waals surface area (Å²) in [6.45, 7) is 6.76. The molecule has 3 rings (SSSR count). The minimum absolute atomic E-state index is 0.0214. The lowest BCUT2D eigenvalue weighted by Gasteiger charge is -2.43. The monoisotopic (exact) mass is 378 g/mol. The topological polar surface area (TPSA) is 58.2 Å². The maximum Gasteiger partial charge on any atom is 0.251 e. The molecule has 0 aliphatic heterocycles. The lowest BCUT2D eigenvalue weighted by Crippen LogP contribution is -2.51. The maximum atomic E-state index is 12.4. The van der Waals surface area contributed by atoms with Crippen LogP contribution in [0.15, 0.2) is 54.6 Å². The molecule has 2 aromatic carbocycles. The minimum atomic E-state index is -0.231. The number of hydrogen-bond donors (Lipinski definition) is 2. The number of nitrogens with one attached hydrogen (secondary N) is 2. The molecule has 0 radical (unpaired) electrons.